The number of nitrogens with one attached hydrogen (secondary N) is 1. The van der Waals surface area contributed by atoms with E-state index in [1.807, 2.05) is 5.32 Å². The van der Waals surface area contributed by atoms with Crippen molar-refractivity contribution in [3.8, 4) is 0 Å². The third kappa shape index (κ3) is 5.83. The summed E-state index contributed by atoms with van der Waals surface area (Å²) >= 11 is 5.60. The second kappa shape index (κ2) is 8.60. The average molecular weight is 482 g/mol. The maximum absolute atomic E-state index is 13.2. The summed E-state index contributed by atoms with van der Waals surface area (Å²) in [7, 11) is 0. The monoisotopic (exact) mass is 481 g/mol. The van der Waals surface area contributed by atoms with Crippen LogP contribution in [0.25, 0.3) is 0 Å². The smallest absolute Gasteiger partial charge is 0.324 e. The van der Waals surface area contributed by atoms with Crippen molar-refractivity contribution >= 4 is 23.2 Å². The van der Waals surface area contributed by atoms with E-state index in [1.54, 1.807) is 6.92 Å². The molecule has 0 aliphatic heterocycles. The van der Waals surface area contributed by atoms with E-state index < -0.39 is 57.6 Å². The van der Waals surface area contributed by atoms with E-state index >= 15 is 0 Å². The SMILES string of the molecule is CCCCn1c(Nc2cc(C(F)(F)F)cc(C(F)(F)F)c2Cl)nc(C(F)(F)F)cc1=O. The molecule has 0 bridgehead atoms. The lowest BCUT2D eigenvalue weighted by Crippen LogP contribution is -2.27. The van der Waals surface area contributed by atoms with Gasteiger partial charge in [-0.3, -0.25) is 9.36 Å². The lowest BCUT2D eigenvalue weighted by atomic mass is 10.1. The summed E-state index contributed by atoms with van der Waals surface area (Å²) in [5, 5.41) is 0.720. The molecule has 1 aromatic carbocycles. The maximum Gasteiger partial charge on any atom is 0.433 e. The Bertz CT molecular complexity index is 1010. The van der Waals surface area contributed by atoms with Crippen LogP contribution in [0.3, 0.4) is 0 Å². The third-order valence-electron chi connectivity index (χ3n) is 3.99. The topological polar surface area (TPSA) is 46.9 Å². The first kappa shape index (κ1) is 24.8. The van der Waals surface area contributed by atoms with Crippen molar-refractivity contribution in [1.82, 2.24) is 9.55 Å². The number of anilines is 2. The summed E-state index contributed by atoms with van der Waals surface area (Å²) in [6, 6.07) is 0.140. The minimum absolute atomic E-state index is 0.176. The molecule has 0 radical (unpaired) electrons. The van der Waals surface area contributed by atoms with Gasteiger partial charge in [0, 0.05) is 12.6 Å². The van der Waals surface area contributed by atoms with Crippen molar-refractivity contribution in [2.45, 2.75) is 44.8 Å². The molecule has 2 rings (SSSR count). The first-order chi connectivity index (χ1) is 14.1. The second-order valence-electron chi connectivity index (χ2n) is 6.31. The number of benzene rings is 1. The summed E-state index contributed by atoms with van der Waals surface area (Å²) in [5.41, 5.74) is -7.49. The van der Waals surface area contributed by atoms with Crippen LogP contribution in [0.15, 0.2) is 23.0 Å². The van der Waals surface area contributed by atoms with Gasteiger partial charge in [0.1, 0.15) is 0 Å². The molecule has 172 valence electrons. The third-order valence-corrected chi connectivity index (χ3v) is 4.39. The van der Waals surface area contributed by atoms with Gasteiger partial charge in [0.2, 0.25) is 5.95 Å². The van der Waals surface area contributed by atoms with E-state index in [2.05, 4.69) is 4.98 Å². The van der Waals surface area contributed by atoms with Gasteiger partial charge in [0.25, 0.3) is 5.56 Å². The largest absolute Gasteiger partial charge is 0.433 e. The van der Waals surface area contributed by atoms with Gasteiger partial charge >= 0.3 is 18.5 Å². The lowest BCUT2D eigenvalue weighted by Gasteiger charge is -2.19. The quantitative estimate of drug-likeness (QED) is 0.496. The molecule has 0 amide bonds. The Morgan fingerprint density at radius 1 is 0.968 bits per heavy atom. The molecule has 0 unspecified atom stereocenters. The molecule has 0 atom stereocenters. The Morgan fingerprint density at radius 2 is 1.58 bits per heavy atom. The zero-order valence-corrected chi connectivity index (χ0v) is 16.2. The molecular weight excluding hydrogens is 469 g/mol. The lowest BCUT2D eigenvalue weighted by molar-refractivity contribution is -0.143. The molecule has 14 heteroatoms. The Hall–Kier alpha value is -2.44. The van der Waals surface area contributed by atoms with Crippen LogP contribution in [0.1, 0.15) is 36.6 Å². The number of alkyl halides is 9. The first-order valence-corrected chi connectivity index (χ1v) is 8.87. The summed E-state index contributed by atoms with van der Waals surface area (Å²) in [4.78, 5) is 15.3. The minimum atomic E-state index is -5.29. The van der Waals surface area contributed by atoms with Crippen molar-refractivity contribution in [3.05, 3.63) is 50.4 Å². The fourth-order valence-electron chi connectivity index (χ4n) is 2.48. The highest BCUT2D eigenvalue weighted by Gasteiger charge is 2.40. The van der Waals surface area contributed by atoms with Crippen molar-refractivity contribution in [2.75, 3.05) is 5.32 Å². The summed E-state index contributed by atoms with van der Waals surface area (Å²) in [5.74, 6) is -0.900. The average Bonchev–Trinajstić information content (AvgIpc) is 2.59. The van der Waals surface area contributed by atoms with Gasteiger partial charge in [-0.15, -0.1) is 0 Å². The van der Waals surface area contributed by atoms with Gasteiger partial charge in [-0.05, 0) is 18.6 Å². The van der Waals surface area contributed by atoms with E-state index in [9.17, 15) is 44.3 Å². The predicted molar refractivity (Wildman–Crippen MR) is 93.1 cm³/mol. The highest BCUT2D eigenvalue weighted by molar-refractivity contribution is 6.34. The van der Waals surface area contributed by atoms with Gasteiger partial charge < -0.3 is 5.32 Å². The number of halogens is 10. The second-order valence-corrected chi connectivity index (χ2v) is 6.69. The van der Waals surface area contributed by atoms with Gasteiger partial charge in [-0.25, -0.2) is 4.98 Å². The van der Waals surface area contributed by atoms with Crippen molar-refractivity contribution < 1.29 is 39.5 Å². The fourth-order valence-corrected chi connectivity index (χ4v) is 2.75. The van der Waals surface area contributed by atoms with Crippen LogP contribution in [0, 0.1) is 0 Å². The molecule has 2 aromatic rings. The van der Waals surface area contributed by atoms with Crippen LogP contribution >= 0.6 is 11.6 Å². The molecule has 0 fully saturated rings. The van der Waals surface area contributed by atoms with Crippen LogP contribution in [0.5, 0.6) is 0 Å². The molecular formula is C17H13ClF9N3O. The molecule has 0 saturated carbocycles. The van der Waals surface area contributed by atoms with Gasteiger partial charge in [-0.2, -0.15) is 39.5 Å². The van der Waals surface area contributed by atoms with Crippen LogP contribution < -0.4 is 10.9 Å². The van der Waals surface area contributed by atoms with E-state index in [4.69, 9.17) is 11.6 Å². The minimum Gasteiger partial charge on any atom is -0.324 e. The number of unbranched alkanes of at least 4 members (excludes halogenated alkanes) is 1. The Kier molecular flexibility index (Phi) is 6.88. The summed E-state index contributed by atoms with van der Waals surface area (Å²) < 4.78 is 118. The number of rotatable bonds is 5. The van der Waals surface area contributed by atoms with E-state index in [0.29, 0.717) is 11.0 Å². The highest BCUT2D eigenvalue weighted by atomic mass is 35.5. The first-order valence-electron chi connectivity index (χ1n) is 8.49. The van der Waals surface area contributed by atoms with Gasteiger partial charge in [0.15, 0.2) is 5.69 Å². The molecule has 1 heterocycles. The summed E-state index contributed by atoms with van der Waals surface area (Å²) in [6.07, 6.45) is -14.8. The normalized spacial score (nSPS) is 12.9. The highest BCUT2D eigenvalue weighted by Crippen LogP contribution is 2.43. The zero-order valence-electron chi connectivity index (χ0n) is 15.4. The van der Waals surface area contributed by atoms with Crippen LogP contribution in [-0.4, -0.2) is 9.55 Å². The molecule has 1 aromatic heterocycles. The van der Waals surface area contributed by atoms with E-state index in [-0.39, 0.29) is 31.2 Å². The van der Waals surface area contributed by atoms with E-state index in [1.165, 1.54) is 0 Å². The number of hydrogen-bond acceptors (Lipinski definition) is 3. The van der Waals surface area contributed by atoms with E-state index in [0.717, 1.165) is 0 Å². The Morgan fingerprint density at radius 3 is 2.06 bits per heavy atom. The zero-order chi connectivity index (χ0) is 23.8. The summed E-state index contributed by atoms with van der Waals surface area (Å²) in [6.45, 7) is 1.50. The maximum atomic E-state index is 13.2. The Balaban J connectivity index is 2.74. The van der Waals surface area contributed by atoms with Crippen LogP contribution in [-0.2, 0) is 25.1 Å². The molecule has 0 saturated heterocycles. The predicted octanol–water partition coefficient (Wildman–Crippen LogP) is 6.50. The van der Waals surface area contributed by atoms with Crippen molar-refractivity contribution in [3.63, 3.8) is 0 Å². The van der Waals surface area contributed by atoms with Crippen LogP contribution in [0.4, 0.5) is 51.1 Å². The number of hydrogen-bond donors (Lipinski definition) is 1. The molecule has 4 nitrogen and oxygen atoms in total. The Labute approximate surface area is 173 Å². The van der Waals surface area contributed by atoms with Gasteiger partial charge in [-0.1, -0.05) is 24.9 Å². The van der Waals surface area contributed by atoms with Gasteiger partial charge in [0.05, 0.1) is 21.8 Å². The molecule has 0 spiro atoms. The molecule has 31 heavy (non-hydrogen) atoms. The van der Waals surface area contributed by atoms with Crippen LogP contribution in [0.2, 0.25) is 5.02 Å². The van der Waals surface area contributed by atoms with Crippen molar-refractivity contribution in [1.29, 1.82) is 0 Å². The molecule has 0 aliphatic rings. The van der Waals surface area contributed by atoms with Crippen molar-refractivity contribution in [2.24, 2.45) is 0 Å². The molecule has 0 aliphatic carbocycles. The fraction of sp³-hybridized carbons (Fsp3) is 0.412. The molecule has 1 N–H and O–H groups in total. The number of aromatic nitrogens is 2. The standard InChI is InChI=1S/C17H13ClF9N3O/c1-2-3-4-30-12(31)7-11(17(25,26)27)29-14(30)28-10-6-8(15(19,20)21)5-9(13(10)18)16(22,23)24/h5-7H,2-4H2,1H3,(H,28,29). The number of nitrogens with zero attached hydrogens (tertiary/aromatic N) is 2.